The first-order valence-corrected chi connectivity index (χ1v) is 5.17. The van der Waals surface area contributed by atoms with Gasteiger partial charge in [-0.05, 0) is 18.7 Å². The molecule has 5 heteroatoms. The summed E-state index contributed by atoms with van der Waals surface area (Å²) in [5, 5.41) is 0.264. The van der Waals surface area contributed by atoms with Crippen LogP contribution in [0, 0.1) is 0 Å². The van der Waals surface area contributed by atoms with Crippen LogP contribution in [0.15, 0.2) is 12.1 Å². The normalized spacial score (nSPS) is 10.0. The van der Waals surface area contributed by atoms with Gasteiger partial charge in [0.25, 0.3) is 0 Å². The molecule has 1 aromatic carbocycles. The first kappa shape index (κ1) is 12.8. The summed E-state index contributed by atoms with van der Waals surface area (Å²) in [4.78, 5) is 11.8. The summed E-state index contributed by atoms with van der Waals surface area (Å²) in [6, 6.07) is 3.30. The van der Waals surface area contributed by atoms with Gasteiger partial charge in [0.05, 0.1) is 24.8 Å². The fourth-order valence-corrected chi connectivity index (χ4v) is 1.72. The molecule has 4 nitrogen and oxygen atoms in total. The number of benzene rings is 1. The Balaban J connectivity index is 3.26. The van der Waals surface area contributed by atoms with Crippen molar-refractivity contribution in [2.45, 2.75) is 6.42 Å². The second-order valence-electron chi connectivity index (χ2n) is 3.12. The Morgan fingerprint density at radius 2 is 1.88 bits per heavy atom. The highest BCUT2D eigenvalue weighted by atomic mass is 35.5. The number of halogens is 1. The molecule has 1 rings (SSSR count). The van der Waals surface area contributed by atoms with E-state index < -0.39 is 0 Å². The van der Waals surface area contributed by atoms with Gasteiger partial charge in [-0.1, -0.05) is 11.6 Å². The average molecular weight is 244 g/mol. The molecule has 0 aliphatic heterocycles. The molecule has 0 radical (unpaired) electrons. The van der Waals surface area contributed by atoms with Gasteiger partial charge in [0.2, 0.25) is 0 Å². The van der Waals surface area contributed by atoms with E-state index in [0.29, 0.717) is 17.1 Å². The summed E-state index contributed by atoms with van der Waals surface area (Å²) in [7, 11) is 2.97. The molecule has 0 heterocycles. The molecular formula is C11H14ClNO3. The Bertz CT molecular complexity index is 393. The summed E-state index contributed by atoms with van der Waals surface area (Å²) >= 11 is 6.06. The smallest absolute Gasteiger partial charge is 0.169 e. The van der Waals surface area contributed by atoms with Gasteiger partial charge < -0.3 is 15.2 Å². The van der Waals surface area contributed by atoms with E-state index in [0.717, 1.165) is 0 Å². The maximum atomic E-state index is 11.8. The van der Waals surface area contributed by atoms with Gasteiger partial charge in [-0.15, -0.1) is 0 Å². The molecule has 0 saturated heterocycles. The third-order valence-electron chi connectivity index (χ3n) is 2.16. The number of rotatable bonds is 5. The van der Waals surface area contributed by atoms with Crippen LogP contribution in [-0.2, 0) is 0 Å². The molecule has 16 heavy (non-hydrogen) atoms. The van der Waals surface area contributed by atoms with Gasteiger partial charge in [0.1, 0.15) is 11.5 Å². The third-order valence-corrected chi connectivity index (χ3v) is 2.53. The molecule has 0 saturated carbocycles. The van der Waals surface area contributed by atoms with Crippen LogP contribution in [0.25, 0.3) is 0 Å². The van der Waals surface area contributed by atoms with Gasteiger partial charge in [0, 0.05) is 6.42 Å². The predicted molar refractivity (Wildman–Crippen MR) is 62.6 cm³/mol. The maximum Gasteiger partial charge on any atom is 0.169 e. The Morgan fingerprint density at radius 1 is 1.31 bits per heavy atom. The molecule has 0 bridgehead atoms. The van der Waals surface area contributed by atoms with Crippen molar-refractivity contribution >= 4 is 17.4 Å². The zero-order valence-electron chi connectivity index (χ0n) is 9.25. The minimum absolute atomic E-state index is 0.150. The Morgan fingerprint density at radius 3 is 2.38 bits per heavy atom. The second-order valence-corrected chi connectivity index (χ2v) is 3.50. The standard InChI is InChI=1S/C11H14ClNO3/c1-15-8-3-4-9(16-2)11(12)10(8)7(14)5-6-13/h3-4H,5-6,13H2,1-2H3. The van der Waals surface area contributed by atoms with Crippen LogP contribution in [0.4, 0.5) is 0 Å². The fourth-order valence-electron chi connectivity index (χ4n) is 1.38. The molecule has 2 N–H and O–H groups in total. The lowest BCUT2D eigenvalue weighted by atomic mass is 10.1. The van der Waals surface area contributed by atoms with Crippen molar-refractivity contribution < 1.29 is 14.3 Å². The summed E-state index contributed by atoms with van der Waals surface area (Å²) in [6.45, 7) is 0.273. The van der Waals surface area contributed by atoms with Crippen LogP contribution in [0.5, 0.6) is 11.5 Å². The van der Waals surface area contributed by atoms with E-state index in [1.165, 1.54) is 14.2 Å². The number of Topliss-reactive ketones (excluding diaryl/α,β-unsaturated/α-hetero) is 1. The number of nitrogens with two attached hydrogens (primary N) is 1. The molecule has 0 atom stereocenters. The Labute approximate surface area is 99.3 Å². The molecule has 0 aliphatic carbocycles. The summed E-state index contributed by atoms with van der Waals surface area (Å²) < 4.78 is 10.1. The molecule has 88 valence electrons. The van der Waals surface area contributed by atoms with Crippen molar-refractivity contribution in [2.24, 2.45) is 5.73 Å². The highest BCUT2D eigenvalue weighted by Gasteiger charge is 2.19. The van der Waals surface area contributed by atoms with E-state index in [9.17, 15) is 4.79 Å². The van der Waals surface area contributed by atoms with Crippen LogP contribution in [0.3, 0.4) is 0 Å². The largest absolute Gasteiger partial charge is 0.496 e. The Hall–Kier alpha value is -1.26. The zero-order valence-corrected chi connectivity index (χ0v) is 10.0. The summed E-state index contributed by atoms with van der Waals surface area (Å²) in [5.41, 5.74) is 5.67. The van der Waals surface area contributed by atoms with Crippen LogP contribution in [0.2, 0.25) is 5.02 Å². The first-order chi connectivity index (χ1) is 7.65. The predicted octanol–water partition coefficient (Wildman–Crippen LogP) is 1.89. The van der Waals surface area contributed by atoms with Crippen molar-refractivity contribution in [3.05, 3.63) is 22.7 Å². The monoisotopic (exact) mass is 243 g/mol. The summed E-state index contributed by atoms with van der Waals surface area (Å²) in [6.07, 6.45) is 0.225. The van der Waals surface area contributed by atoms with Gasteiger partial charge in [-0.2, -0.15) is 0 Å². The van der Waals surface area contributed by atoms with Gasteiger partial charge in [-0.25, -0.2) is 0 Å². The second kappa shape index (κ2) is 5.72. The van der Waals surface area contributed by atoms with Crippen molar-refractivity contribution in [1.29, 1.82) is 0 Å². The van der Waals surface area contributed by atoms with Crippen molar-refractivity contribution in [3.8, 4) is 11.5 Å². The topological polar surface area (TPSA) is 61.5 Å². The lowest BCUT2D eigenvalue weighted by Gasteiger charge is -2.12. The summed E-state index contributed by atoms with van der Waals surface area (Å²) in [5.74, 6) is 0.732. The third kappa shape index (κ3) is 2.46. The molecule has 0 aromatic heterocycles. The molecule has 0 aliphatic rings. The van der Waals surface area contributed by atoms with Crippen molar-refractivity contribution in [2.75, 3.05) is 20.8 Å². The number of methoxy groups -OCH3 is 2. The van der Waals surface area contributed by atoms with E-state index in [1.807, 2.05) is 0 Å². The van der Waals surface area contributed by atoms with E-state index >= 15 is 0 Å². The minimum Gasteiger partial charge on any atom is -0.496 e. The van der Waals surface area contributed by atoms with Crippen molar-refractivity contribution in [1.82, 2.24) is 0 Å². The molecule has 1 aromatic rings. The SMILES string of the molecule is COc1ccc(OC)c(C(=O)CCN)c1Cl. The number of hydrogen-bond acceptors (Lipinski definition) is 4. The molecule has 0 amide bonds. The number of ether oxygens (including phenoxy) is 2. The molecular weight excluding hydrogens is 230 g/mol. The van der Waals surface area contributed by atoms with Crippen LogP contribution in [0.1, 0.15) is 16.8 Å². The number of carbonyl (C=O) groups is 1. The quantitative estimate of drug-likeness (QED) is 0.803. The van der Waals surface area contributed by atoms with E-state index in [2.05, 4.69) is 0 Å². The minimum atomic E-state index is -0.150. The van der Waals surface area contributed by atoms with Gasteiger partial charge in [-0.3, -0.25) is 4.79 Å². The fraction of sp³-hybridized carbons (Fsp3) is 0.364. The maximum absolute atomic E-state index is 11.8. The number of ketones is 1. The Kier molecular flexibility index (Phi) is 4.58. The average Bonchev–Trinajstić information content (AvgIpc) is 2.28. The number of carbonyl (C=O) groups excluding carboxylic acids is 1. The highest BCUT2D eigenvalue weighted by Crippen LogP contribution is 2.35. The lowest BCUT2D eigenvalue weighted by molar-refractivity contribution is 0.0982. The zero-order chi connectivity index (χ0) is 12.1. The van der Waals surface area contributed by atoms with Gasteiger partial charge in [0.15, 0.2) is 5.78 Å². The lowest BCUT2D eigenvalue weighted by Crippen LogP contribution is -2.10. The van der Waals surface area contributed by atoms with E-state index in [-0.39, 0.29) is 23.8 Å². The first-order valence-electron chi connectivity index (χ1n) is 4.79. The van der Waals surface area contributed by atoms with Crippen LogP contribution < -0.4 is 15.2 Å². The molecule has 0 spiro atoms. The molecule has 0 fully saturated rings. The van der Waals surface area contributed by atoms with Gasteiger partial charge >= 0.3 is 0 Å². The van der Waals surface area contributed by atoms with E-state index in [1.54, 1.807) is 12.1 Å². The number of hydrogen-bond donors (Lipinski definition) is 1. The molecule has 0 unspecified atom stereocenters. The van der Waals surface area contributed by atoms with Crippen LogP contribution in [-0.4, -0.2) is 26.5 Å². The van der Waals surface area contributed by atoms with E-state index in [4.69, 9.17) is 26.8 Å². The van der Waals surface area contributed by atoms with Crippen molar-refractivity contribution in [3.63, 3.8) is 0 Å². The highest BCUT2D eigenvalue weighted by molar-refractivity contribution is 6.35. The van der Waals surface area contributed by atoms with Crippen LogP contribution >= 0.6 is 11.6 Å².